The third-order valence-corrected chi connectivity index (χ3v) is 4.37. The number of carbonyl (C=O) groups is 1. The topological polar surface area (TPSA) is 54.0 Å². The van der Waals surface area contributed by atoms with Crippen molar-refractivity contribution in [3.05, 3.63) is 24.3 Å². The Kier molecular flexibility index (Phi) is 3.75. The van der Waals surface area contributed by atoms with Crippen LogP contribution in [0.15, 0.2) is 24.3 Å². The lowest BCUT2D eigenvalue weighted by Crippen LogP contribution is -2.23. The minimum absolute atomic E-state index is 0.0627. The van der Waals surface area contributed by atoms with Crippen LogP contribution in [0, 0.1) is 0 Å². The first kappa shape index (κ1) is 12.6. The first-order chi connectivity index (χ1) is 9.31. The molecule has 1 atom stereocenters. The van der Waals surface area contributed by atoms with E-state index in [4.69, 9.17) is 0 Å². The fraction of sp³-hybridized carbons (Fsp3) is 0.429. The summed E-state index contributed by atoms with van der Waals surface area (Å²) in [6.45, 7) is 1.09. The molecule has 3 rings (SSSR count). The second-order valence-corrected chi connectivity index (χ2v) is 5.90. The molecular weight excluding hydrogens is 258 g/mol. The molecule has 1 aliphatic rings. The Balaban J connectivity index is 1.56. The number of nitrogens with zero attached hydrogens (tertiary/aromatic N) is 1. The molecule has 2 heterocycles. The number of fused-ring (bicyclic) bond motifs is 1. The maximum absolute atomic E-state index is 11.9. The minimum Gasteiger partial charge on any atom is -0.314 e. The van der Waals surface area contributed by atoms with Gasteiger partial charge in [-0.3, -0.25) is 4.79 Å². The summed E-state index contributed by atoms with van der Waals surface area (Å²) in [7, 11) is 0. The lowest BCUT2D eigenvalue weighted by atomic mass is 10.1. The van der Waals surface area contributed by atoms with Crippen molar-refractivity contribution in [1.82, 2.24) is 10.3 Å². The largest absolute Gasteiger partial charge is 0.314 e. The molecule has 4 nitrogen and oxygen atoms in total. The summed E-state index contributed by atoms with van der Waals surface area (Å²) in [5.41, 5.74) is 0.945. The zero-order chi connectivity index (χ0) is 13.1. The monoisotopic (exact) mass is 275 g/mol. The third-order valence-electron chi connectivity index (χ3n) is 3.42. The number of carbonyl (C=O) groups excluding carboxylic acids is 1. The zero-order valence-corrected chi connectivity index (χ0v) is 11.5. The van der Waals surface area contributed by atoms with Crippen LogP contribution < -0.4 is 10.6 Å². The van der Waals surface area contributed by atoms with Gasteiger partial charge in [0, 0.05) is 12.5 Å². The number of hydrogen-bond acceptors (Lipinski definition) is 4. The third kappa shape index (κ3) is 3.11. The molecule has 1 unspecified atom stereocenters. The lowest BCUT2D eigenvalue weighted by molar-refractivity contribution is -0.116. The van der Waals surface area contributed by atoms with Gasteiger partial charge in [-0.15, -0.1) is 0 Å². The number of amides is 1. The Morgan fingerprint density at radius 1 is 1.47 bits per heavy atom. The smallest absolute Gasteiger partial charge is 0.226 e. The van der Waals surface area contributed by atoms with E-state index < -0.39 is 0 Å². The summed E-state index contributed by atoms with van der Waals surface area (Å²) in [5.74, 6) is 0.0627. The molecule has 0 saturated carbocycles. The average molecular weight is 275 g/mol. The summed E-state index contributed by atoms with van der Waals surface area (Å²) in [4.78, 5) is 16.3. The van der Waals surface area contributed by atoms with E-state index in [1.165, 1.54) is 24.2 Å². The summed E-state index contributed by atoms with van der Waals surface area (Å²) >= 11 is 1.53. The molecule has 100 valence electrons. The maximum Gasteiger partial charge on any atom is 0.226 e. The van der Waals surface area contributed by atoms with Gasteiger partial charge in [0.05, 0.1) is 10.2 Å². The molecule has 2 N–H and O–H groups in total. The number of benzene rings is 1. The Morgan fingerprint density at radius 2 is 2.37 bits per heavy atom. The number of rotatable bonds is 4. The van der Waals surface area contributed by atoms with Crippen molar-refractivity contribution in [2.75, 3.05) is 11.9 Å². The molecule has 1 aliphatic heterocycles. The maximum atomic E-state index is 11.9. The van der Waals surface area contributed by atoms with Gasteiger partial charge in [0.1, 0.15) is 0 Å². The van der Waals surface area contributed by atoms with Gasteiger partial charge in [-0.2, -0.15) is 0 Å². The molecule has 2 aromatic rings. The average Bonchev–Trinajstić information content (AvgIpc) is 3.04. The summed E-state index contributed by atoms with van der Waals surface area (Å²) in [6.07, 6.45) is 3.89. The second kappa shape index (κ2) is 5.67. The van der Waals surface area contributed by atoms with Crippen LogP contribution in [0.3, 0.4) is 0 Å². The van der Waals surface area contributed by atoms with Crippen LogP contribution in [-0.4, -0.2) is 23.5 Å². The standard InChI is InChI=1S/C14H17N3OS/c18-13(8-7-10-4-3-9-15-10)17-14-16-11-5-1-2-6-12(11)19-14/h1-2,5-6,10,15H,3-4,7-9H2,(H,16,17,18). The normalized spacial score (nSPS) is 18.8. The van der Waals surface area contributed by atoms with Crippen molar-refractivity contribution in [3.8, 4) is 0 Å². The predicted molar refractivity (Wildman–Crippen MR) is 78.5 cm³/mol. The lowest BCUT2D eigenvalue weighted by Gasteiger charge is -2.08. The SMILES string of the molecule is O=C(CCC1CCCN1)Nc1nc2ccccc2s1. The van der Waals surface area contributed by atoms with Gasteiger partial charge in [0.15, 0.2) is 5.13 Å². The molecule has 19 heavy (non-hydrogen) atoms. The Morgan fingerprint density at radius 3 is 3.16 bits per heavy atom. The highest BCUT2D eigenvalue weighted by Gasteiger charge is 2.15. The van der Waals surface area contributed by atoms with E-state index in [9.17, 15) is 4.79 Å². The number of thiazole rings is 1. The highest BCUT2D eigenvalue weighted by molar-refractivity contribution is 7.22. The van der Waals surface area contributed by atoms with E-state index in [-0.39, 0.29) is 5.91 Å². The molecule has 0 radical (unpaired) electrons. The molecule has 5 heteroatoms. The molecule has 1 aromatic carbocycles. The first-order valence-corrected chi connectivity index (χ1v) is 7.52. The quantitative estimate of drug-likeness (QED) is 0.902. The van der Waals surface area contributed by atoms with E-state index in [2.05, 4.69) is 15.6 Å². The van der Waals surface area contributed by atoms with Gasteiger partial charge in [-0.05, 0) is 37.9 Å². The van der Waals surface area contributed by atoms with E-state index in [1.54, 1.807) is 0 Å². The number of aromatic nitrogens is 1. The molecule has 1 saturated heterocycles. The highest BCUT2D eigenvalue weighted by Crippen LogP contribution is 2.25. The second-order valence-electron chi connectivity index (χ2n) is 4.87. The molecule has 1 aromatic heterocycles. The first-order valence-electron chi connectivity index (χ1n) is 6.70. The summed E-state index contributed by atoms with van der Waals surface area (Å²) in [5, 5.41) is 7.00. The molecule has 0 spiro atoms. The number of para-hydroxylation sites is 1. The van der Waals surface area contributed by atoms with E-state index >= 15 is 0 Å². The summed E-state index contributed by atoms with van der Waals surface area (Å²) in [6, 6.07) is 8.44. The van der Waals surface area contributed by atoms with Crippen LogP contribution in [0.5, 0.6) is 0 Å². The van der Waals surface area contributed by atoms with E-state index in [1.807, 2.05) is 24.3 Å². The number of hydrogen-bond donors (Lipinski definition) is 2. The van der Waals surface area contributed by atoms with Crippen LogP contribution >= 0.6 is 11.3 Å². The van der Waals surface area contributed by atoms with E-state index in [0.717, 1.165) is 23.2 Å². The Hall–Kier alpha value is -1.46. The van der Waals surface area contributed by atoms with Crippen LogP contribution in [-0.2, 0) is 4.79 Å². The van der Waals surface area contributed by atoms with Crippen molar-refractivity contribution in [2.45, 2.75) is 31.7 Å². The van der Waals surface area contributed by atoms with Gasteiger partial charge < -0.3 is 10.6 Å². The molecule has 0 aliphatic carbocycles. The zero-order valence-electron chi connectivity index (χ0n) is 10.7. The summed E-state index contributed by atoms with van der Waals surface area (Å²) < 4.78 is 1.11. The van der Waals surface area contributed by atoms with Crippen molar-refractivity contribution in [1.29, 1.82) is 0 Å². The highest BCUT2D eigenvalue weighted by atomic mass is 32.1. The van der Waals surface area contributed by atoms with E-state index in [0.29, 0.717) is 17.6 Å². The van der Waals surface area contributed by atoms with Crippen molar-refractivity contribution in [2.24, 2.45) is 0 Å². The van der Waals surface area contributed by atoms with Crippen LogP contribution in [0.25, 0.3) is 10.2 Å². The van der Waals surface area contributed by atoms with Crippen molar-refractivity contribution >= 4 is 32.6 Å². The van der Waals surface area contributed by atoms with Crippen LogP contribution in [0.2, 0.25) is 0 Å². The van der Waals surface area contributed by atoms with Gasteiger partial charge in [-0.25, -0.2) is 4.98 Å². The van der Waals surface area contributed by atoms with Crippen LogP contribution in [0.1, 0.15) is 25.7 Å². The minimum atomic E-state index is 0.0627. The van der Waals surface area contributed by atoms with Crippen LogP contribution in [0.4, 0.5) is 5.13 Å². The number of anilines is 1. The van der Waals surface area contributed by atoms with Gasteiger partial charge in [0.2, 0.25) is 5.91 Å². The number of nitrogens with one attached hydrogen (secondary N) is 2. The molecular formula is C14H17N3OS. The fourth-order valence-electron chi connectivity index (χ4n) is 2.42. The Labute approximate surface area is 116 Å². The molecule has 1 amide bonds. The molecule has 1 fully saturated rings. The van der Waals surface area contributed by atoms with Gasteiger partial charge >= 0.3 is 0 Å². The fourth-order valence-corrected chi connectivity index (χ4v) is 3.30. The molecule has 0 bridgehead atoms. The van der Waals surface area contributed by atoms with Gasteiger partial charge in [0.25, 0.3) is 0 Å². The van der Waals surface area contributed by atoms with Gasteiger partial charge in [-0.1, -0.05) is 23.5 Å². The Bertz CT molecular complexity index is 542. The predicted octanol–water partition coefficient (Wildman–Crippen LogP) is 2.77. The van der Waals surface area contributed by atoms with Crippen molar-refractivity contribution < 1.29 is 4.79 Å². The van der Waals surface area contributed by atoms with Crippen molar-refractivity contribution in [3.63, 3.8) is 0 Å².